The topological polar surface area (TPSA) is 44.1 Å². The van der Waals surface area contributed by atoms with Crippen molar-refractivity contribution >= 4 is 5.97 Å². The van der Waals surface area contributed by atoms with Gasteiger partial charge in [0.25, 0.3) is 0 Å². The lowest BCUT2D eigenvalue weighted by Crippen LogP contribution is -2.12. The van der Waals surface area contributed by atoms with Crippen LogP contribution < -0.4 is 0 Å². The summed E-state index contributed by atoms with van der Waals surface area (Å²) in [5.74, 6) is -0.273. The molecule has 0 aliphatic heterocycles. The highest BCUT2D eigenvalue weighted by Gasteiger charge is 2.25. The van der Waals surface area contributed by atoms with Crippen molar-refractivity contribution in [3.05, 3.63) is 77.5 Å². The summed E-state index contributed by atoms with van der Waals surface area (Å²) in [5.41, 5.74) is 4.46. The SMILES string of the molecule is CCCCCCCCCCc1c(C(=O)OCC)c(-c2ccccc2)nn1Cc1ccccc1. The number of hydrogen-bond acceptors (Lipinski definition) is 3. The Kier molecular flexibility index (Phi) is 10.2. The van der Waals surface area contributed by atoms with Crippen LogP contribution in [-0.4, -0.2) is 22.4 Å². The van der Waals surface area contributed by atoms with E-state index in [0.29, 0.717) is 18.7 Å². The predicted octanol–water partition coefficient (Wildman–Crippen LogP) is 7.46. The van der Waals surface area contributed by atoms with Crippen LogP contribution in [-0.2, 0) is 17.7 Å². The molecule has 0 saturated carbocycles. The zero-order valence-corrected chi connectivity index (χ0v) is 20.3. The van der Waals surface area contributed by atoms with E-state index in [2.05, 4.69) is 19.1 Å². The van der Waals surface area contributed by atoms with Gasteiger partial charge in [0.05, 0.1) is 18.8 Å². The van der Waals surface area contributed by atoms with Gasteiger partial charge in [-0.2, -0.15) is 5.10 Å². The summed E-state index contributed by atoms with van der Waals surface area (Å²) in [6.07, 6.45) is 10.9. The van der Waals surface area contributed by atoms with E-state index in [4.69, 9.17) is 9.84 Å². The molecule has 0 aliphatic rings. The summed E-state index contributed by atoms with van der Waals surface area (Å²) in [7, 11) is 0. The van der Waals surface area contributed by atoms with Crippen molar-refractivity contribution in [3.8, 4) is 11.3 Å². The molecule has 0 aliphatic carbocycles. The summed E-state index contributed by atoms with van der Waals surface area (Å²) in [5, 5.41) is 4.94. The minimum atomic E-state index is -0.273. The first kappa shape index (κ1) is 24.8. The maximum atomic E-state index is 13.1. The molecule has 33 heavy (non-hydrogen) atoms. The Hall–Kier alpha value is -2.88. The first-order valence-corrected chi connectivity index (χ1v) is 12.6. The van der Waals surface area contributed by atoms with Crippen molar-refractivity contribution in [1.82, 2.24) is 9.78 Å². The summed E-state index contributed by atoms with van der Waals surface area (Å²) in [4.78, 5) is 13.1. The standard InChI is InChI=1S/C29H38N2O2/c1-3-5-6-7-8-9-10-17-22-26-27(29(32)33-4-2)28(25-20-15-12-16-21-25)30-31(26)23-24-18-13-11-14-19-24/h11-16,18-21H,3-10,17,22-23H2,1-2H3. The molecule has 0 spiro atoms. The second-order valence-corrected chi connectivity index (χ2v) is 8.62. The minimum absolute atomic E-state index is 0.273. The summed E-state index contributed by atoms with van der Waals surface area (Å²) in [6.45, 7) is 5.11. The molecular weight excluding hydrogens is 408 g/mol. The van der Waals surface area contributed by atoms with Crippen LogP contribution in [0.25, 0.3) is 11.3 Å². The van der Waals surface area contributed by atoms with Gasteiger partial charge < -0.3 is 4.74 Å². The third kappa shape index (κ3) is 7.31. The largest absolute Gasteiger partial charge is 0.462 e. The Balaban J connectivity index is 1.84. The van der Waals surface area contributed by atoms with E-state index in [-0.39, 0.29) is 5.97 Å². The van der Waals surface area contributed by atoms with Crippen molar-refractivity contribution in [2.75, 3.05) is 6.61 Å². The van der Waals surface area contributed by atoms with Crippen LogP contribution in [0, 0.1) is 0 Å². The maximum absolute atomic E-state index is 13.1. The van der Waals surface area contributed by atoms with E-state index < -0.39 is 0 Å². The number of carbonyl (C=O) groups excluding carboxylic acids is 1. The smallest absolute Gasteiger partial charge is 0.342 e. The molecule has 0 saturated heterocycles. The number of benzene rings is 2. The molecule has 0 bridgehead atoms. The molecule has 0 radical (unpaired) electrons. The van der Waals surface area contributed by atoms with Crippen LogP contribution in [0.15, 0.2) is 60.7 Å². The van der Waals surface area contributed by atoms with E-state index in [1.54, 1.807) is 0 Å². The molecule has 1 aromatic heterocycles. The van der Waals surface area contributed by atoms with Gasteiger partial charge in [0.2, 0.25) is 0 Å². The molecule has 0 fully saturated rings. The van der Waals surface area contributed by atoms with Gasteiger partial charge in [0, 0.05) is 5.56 Å². The molecule has 0 amide bonds. The quantitative estimate of drug-likeness (QED) is 0.191. The first-order chi connectivity index (χ1) is 16.2. The van der Waals surface area contributed by atoms with Crippen LogP contribution in [0.4, 0.5) is 0 Å². The highest BCUT2D eigenvalue weighted by molar-refractivity contribution is 5.97. The lowest BCUT2D eigenvalue weighted by atomic mass is 10.0. The monoisotopic (exact) mass is 446 g/mol. The van der Waals surface area contributed by atoms with Gasteiger partial charge in [-0.1, -0.05) is 113 Å². The Morgan fingerprint density at radius 2 is 1.42 bits per heavy atom. The van der Waals surface area contributed by atoms with Crippen molar-refractivity contribution < 1.29 is 9.53 Å². The molecule has 1 heterocycles. The lowest BCUT2D eigenvalue weighted by molar-refractivity contribution is 0.0525. The number of rotatable bonds is 14. The second-order valence-electron chi connectivity index (χ2n) is 8.62. The molecule has 4 nitrogen and oxygen atoms in total. The fourth-order valence-corrected chi connectivity index (χ4v) is 4.28. The van der Waals surface area contributed by atoms with Gasteiger partial charge >= 0.3 is 5.97 Å². The van der Waals surface area contributed by atoms with Crippen LogP contribution in [0.2, 0.25) is 0 Å². The summed E-state index contributed by atoms with van der Waals surface area (Å²) >= 11 is 0. The molecule has 3 rings (SSSR count). The van der Waals surface area contributed by atoms with Gasteiger partial charge in [-0.05, 0) is 25.3 Å². The molecule has 0 atom stereocenters. The summed E-state index contributed by atoms with van der Waals surface area (Å²) < 4.78 is 7.50. The number of carbonyl (C=O) groups is 1. The van der Waals surface area contributed by atoms with Crippen molar-refractivity contribution in [2.24, 2.45) is 0 Å². The average Bonchev–Trinajstić information content (AvgIpc) is 3.20. The van der Waals surface area contributed by atoms with Crippen LogP contribution in [0.1, 0.15) is 86.8 Å². The molecule has 2 aromatic carbocycles. The predicted molar refractivity (Wildman–Crippen MR) is 135 cm³/mol. The summed E-state index contributed by atoms with van der Waals surface area (Å²) in [6, 6.07) is 20.3. The number of ether oxygens (including phenoxy) is 1. The molecular formula is C29H38N2O2. The van der Waals surface area contributed by atoms with E-state index >= 15 is 0 Å². The lowest BCUT2D eigenvalue weighted by Gasteiger charge is -2.10. The zero-order valence-electron chi connectivity index (χ0n) is 20.3. The number of esters is 1. The molecule has 4 heteroatoms. The highest BCUT2D eigenvalue weighted by Crippen LogP contribution is 2.28. The fraction of sp³-hybridized carbons (Fsp3) is 0.448. The van der Waals surface area contributed by atoms with E-state index in [9.17, 15) is 4.79 Å². The van der Waals surface area contributed by atoms with Crippen molar-refractivity contribution in [3.63, 3.8) is 0 Å². The second kappa shape index (κ2) is 13.6. The van der Waals surface area contributed by atoms with Crippen LogP contribution in [0.5, 0.6) is 0 Å². The molecule has 3 aromatic rings. The third-order valence-corrected chi connectivity index (χ3v) is 6.03. The van der Waals surface area contributed by atoms with Gasteiger partial charge in [-0.25, -0.2) is 4.79 Å². The van der Waals surface area contributed by atoms with Gasteiger partial charge in [-0.15, -0.1) is 0 Å². The normalized spacial score (nSPS) is 11.0. The van der Waals surface area contributed by atoms with E-state index in [0.717, 1.165) is 29.8 Å². The highest BCUT2D eigenvalue weighted by atomic mass is 16.5. The number of nitrogens with zero attached hydrogens (tertiary/aromatic N) is 2. The van der Waals surface area contributed by atoms with Crippen LogP contribution in [0.3, 0.4) is 0 Å². The molecule has 176 valence electrons. The van der Waals surface area contributed by atoms with Gasteiger partial charge in [0.15, 0.2) is 0 Å². The number of unbranched alkanes of at least 4 members (excludes halogenated alkanes) is 7. The van der Waals surface area contributed by atoms with E-state index in [1.807, 2.05) is 60.1 Å². The Morgan fingerprint density at radius 3 is 2.06 bits per heavy atom. The fourth-order valence-electron chi connectivity index (χ4n) is 4.28. The molecule has 0 N–H and O–H groups in total. The third-order valence-electron chi connectivity index (χ3n) is 6.03. The molecule has 0 unspecified atom stereocenters. The van der Waals surface area contributed by atoms with Gasteiger partial charge in [-0.3, -0.25) is 4.68 Å². The minimum Gasteiger partial charge on any atom is -0.462 e. The average molecular weight is 447 g/mol. The Morgan fingerprint density at radius 1 is 0.818 bits per heavy atom. The maximum Gasteiger partial charge on any atom is 0.342 e. The van der Waals surface area contributed by atoms with Gasteiger partial charge in [0.1, 0.15) is 11.3 Å². The van der Waals surface area contributed by atoms with Crippen molar-refractivity contribution in [2.45, 2.75) is 78.2 Å². The Bertz CT molecular complexity index is 964. The zero-order chi connectivity index (χ0) is 23.3. The van der Waals surface area contributed by atoms with Crippen molar-refractivity contribution in [1.29, 1.82) is 0 Å². The first-order valence-electron chi connectivity index (χ1n) is 12.6. The van der Waals surface area contributed by atoms with Crippen LogP contribution >= 0.6 is 0 Å². The number of aromatic nitrogens is 2. The Labute approximate surface area is 199 Å². The van der Waals surface area contributed by atoms with E-state index in [1.165, 1.54) is 50.5 Å². The number of hydrogen-bond donors (Lipinski definition) is 0.